The van der Waals surface area contributed by atoms with Crippen LogP contribution in [0.3, 0.4) is 0 Å². The molecule has 29 heavy (non-hydrogen) atoms. The predicted molar refractivity (Wildman–Crippen MR) is 110 cm³/mol. The van der Waals surface area contributed by atoms with Crippen LogP contribution in [0.1, 0.15) is 11.1 Å². The number of ether oxygens (including phenoxy) is 4. The van der Waals surface area contributed by atoms with Gasteiger partial charge in [-0.15, -0.1) is 0 Å². The van der Waals surface area contributed by atoms with Crippen molar-refractivity contribution in [1.82, 2.24) is 0 Å². The van der Waals surface area contributed by atoms with Gasteiger partial charge in [0.15, 0.2) is 11.5 Å². The first-order valence-electron chi connectivity index (χ1n) is 9.61. The lowest BCUT2D eigenvalue weighted by atomic mass is 10.0. The Labute approximate surface area is 170 Å². The summed E-state index contributed by atoms with van der Waals surface area (Å²) in [5, 5.41) is 10.1. The smallest absolute Gasteiger partial charge is 0.231 e. The molecule has 0 bridgehead atoms. The van der Waals surface area contributed by atoms with E-state index in [-0.39, 0.29) is 20.0 Å². The minimum Gasteiger partial charge on any atom is -0.491 e. The first kappa shape index (κ1) is 19.3. The van der Waals surface area contributed by atoms with Crippen molar-refractivity contribution in [3.8, 4) is 28.4 Å². The fraction of sp³-hybridized carbons (Fsp3) is 0.250. The summed E-state index contributed by atoms with van der Waals surface area (Å²) >= 11 is 0. The zero-order valence-electron chi connectivity index (χ0n) is 16.3. The average Bonchev–Trinajstić information content (AvgIpc) is 3.21. The molecular formula is C24H24O5. The maximum absolute atomic E-state index is 10.1. The van der Waals surface area contributed by atoms with Crippen molar-refractivity contribution < 1.29 is 24.1 Å². The molecule has 0 radical (unpaired) electrons. The summed E-state index contributed by atoms with van der Waals surface area (Å²) in [7, 11) is 0. The molecule has 0 fully saturated rings. The van der Waals surface area contributed by atoms with E-state index in [4.69, 9.17) is 18.9 Å². The molecule has 1 N–H and O–H groups in total. The van der Waals surface area contributed by atoms with Gasteiger partial charge in [-0.2, -0.15) is 0 Å². The predicted octanol–water partition coefficient (Wildman–Crippen LogP) is 4.35. The summed E-state index contributed by atoms with van der Waals surface area (Å²) < 4.78 is 21.9. The minimum atomic E-state index is -0.708. The van der Waals surface area contributed by atoms with Crippen molar-refractivity contribution in [2.75, 3.05) is 20.0 Å². The maximum Gasteiger partial charge on any atom is 0.231 e. The van der Waals surface area contributed by atoms with Gasteiger partial charge in [-0.05, 0) is 47.9 Å². The van der Waals surface area contributed by atoms with Crippen molar-refractivity contribution in [3.05, 3.63) is 77.9 Å². The molecule has 1 aliphatic rings. The second-order valence-electron chi connectivity index (χ2n) is 7.06. The van der Waals surface area contributed by atoms with Crippen LogP contribution in [0.15, 0.2) is 66.7 Å². The topological polar surface area (TPSA) is 57.2 Å². The van der Waals surface area contributed by atoms with Crippen molar-refractivity contribution >= 4 is 0 Å². The van der Waals surface area contributed by atoms with Gasteiger partial charge in [0.05, 0.1) is 13.2 Å². The normalized spacial score (nSPS) is 13.3. The van der Waals surface area contributed by atoms with E-state index in [0.717, 1.165) is 28.4 Å². The highest BCUT2D eigenvalue weighted by Crippen LogP contribution is 2.32. The Hall–Kier alpha value is -3.02. The van der Waals surface area contributed by atoms with E-state index >= 15 is 0 Å². The maximum atomic E-state index is 10.1. The second kappa shape index (κ2) is 8.99. The Morgan fingerprint density at radius 2 is 1.55 bits per heavy atom. The molecule has 0 saturated heterocycles. The third-order valence-electron chi connectivity index (χ3n) is 4.70. The number of fused-ring (bicyclic) bond motifs is 1. The Balaban J connectivity index is 1.21. The van der Waals surface area contributed by atoms with Gasteiger partial charge in [0.2, 0.25) is 6.79 Å². The molecule has 5 heteroatoms. The van der Waals surface area contributed by atoms with Crippen LogP contribution in [-0.2, 0) is 11.3 Å². The lowest BCUT2D eigenvalue weighted by molar-refractivity contribution is 0.00546. The highest BCUT2D eigenvalue weighted by atomic mass is 16.7. The van der Waals surface area contributed by atoms with Crippen LogP contribution in [0.25, 0.3) is 11.1 Å². The summed E-state index contributed by atoms with van der Waals surface area (Å²) in [5.74, 6) is 2.19. The van der Waals surface area contributed by atoms with Gasteiger partial charge in [-0.3, -0.25) is 0 Å². The SMILES string of the molecule is Cc1ccc(-c2ccc(OC[C@@H](O)COCc3ccc4c(c3)OCO4)cc2)cc1. The highest BCUT2D eigenvalue weighted by Gasteiger charge is 2.13. The third kappa shape index (κ3) is 5.08. The number of benzene rings is 3. The molecule has 1 atom stereocenters. The van der Waals surface area contributed by atoms with Crippen molar-refractivity contribution in [2.24, 2.45) is 0 Å². The largest absolute Gasteiger partial charge is 0.491 e. The molecule has 0 aliphatic carbocycles. The second-order valence-corrected chi connectivity index (χ2v) is 7.06. The molecule has 3 aromatic rings. The number of aliphatic hydroxyl groups excluding tert-OH is 1. The van der Waals surface area contributed by atoms with E-state index in [2.05, 4.69) is 31.2 Å². The summed E-state index contributed by atoms with van der Waals surface area (Å²) in [6.07, 6.45) is -0.708. The van der Waals surface area contributed by atoms with E-state index in [1.807, 2.05) is 42.5 Å². The minimum absolute atomic E-state index is 0.172. The molecule has 5 nitrogen and oxygen atoms in total. The quantitative estimate of drug-likeness (QED) is 0.618. The van der Waals surface area contributed by atoms with Gasteiger partial charge >= 0.3 is 0 Å². The van der Waals surface area contributed by atoms with E-state index in [1.165, 1.54) is 11.1 Å². The zero-order valence-corrected chi connectivity index (χ0v) is 16.3. The van der Waals surface area contributed by atoms with Gasteiger partial charge in [-0.25, -0.2) is 0 Å². The van der Waals surface area contributed by atoms with Crippen molar-refractivity contribution in [2.45, 2.75) is 19.6 Å². The lowest BCUT2D eigenvalue weighted by Crippen LogP contribution is -2.23. The van der Waals surface area contributed by atoms with Crippen LogP contribution in [0.5, 0.6) is 17.2 Å². The fourth-order valence-corrected chi connectivity index (χ4v) is 3.07. The molecule has 4 rings (SSSR count). The van der Waals surface area contributed by atoms with E-state index < -0.39 is 6.10 Å². The van der Waals surface area contributed by atoms with Gasteiger partial charge in [0, 0.05) is 0 Å². The summed E-state index contributed by atoms with van der Waals surface area (Å²) in [6, 6.07) is 21.9. The van der Waals surface area contributed by atoms with Gasteiger partial charge in [-0.1, -0.05) is 48.0 Å². The van der Waals surface area contributed by atoms with Crippen molar-refractivity contribution in [1.29, 1.82) is 0 Å². The molecule has 0 aromatic heterocycles. The van der Waals surface area contributed by atoms with Crippen LogP contribution < -0.4 is 14.2 Å². The molecule has 1 aliphatic heterocycles. The summed E-state index contributed by atoms with van der Waals surface area (Å²) in [4.78, 5) is 0. The molecule has 1 heterocycles. The average molecular weight is 392 g/mol. The van der Waals surface area contributed by atoms with Crippen LogP contribution in [0, 0.1) is 6.92 Å². The highest BCUT2D eigenvalue weighted by molar-refractivity contribution is 5.64. The number of rotatable bonds is 8. The van der Waals surface area contributed by atoms with E-state index in [1.54, 1.807) is 0 Å². The molecular weight excluding hydrogens is 368 g/mol. The molecule has 0 unspecified atom stereocenters. The Kier molecular flexibility index (Phi) is 5.98. The molecule has 150 valence electrons. The van der Waals surface area contributed by atoms with Crippen molar-refractivity contribution in [3.63, 3.8) is 0 Å². The van der Waals surface area contributed by atoms with E-state index in [0.29, 0.717) is 6.61 Å². The first-order chi connectivity index (χ1) is 14.2. The number of hydrogen-bond acceptors (Lipinski definition) is 5. The monoisotopic (exact) mass is 392 g/mol. The number of aliphatic hydroxyl groups is 1. The lowest BCUT2D eigenvalue weighted by Gasteiger charge is -2.13. The van der Waals surface area contributed by atoms with Crippen LogP contribution in [0.4, 0.5) is 0 Å². The van der Waals surface area contributed by atoms with E-state index in [9.17, 15) is 5.11 Å². The van der Waals surface area contributed by atoms with Crippen LogP contribution in [0.2, 0.25) is 0 Å². The fourth-order valence-electron chi connectivity index (χ4n) is 3.07. The molecule has 0 saturated carbocycles. The van der Waals surface area contributed by atoms with Gasteiger partial charge in [0.1, 0.15) is 18.5 Å². The Morgan fingerprint density at radius 3 is 2.31 bits per heavy atom. The first-order valence-corrected chi connectivity index (χ1v) is 9.61. The molecule has 3 aromatic carbocycles. The summed E-state index contributed by atoms with van der Waals surface area (Å²) in [5.41, 5.74) is 4.50. The Morgan fingerprint density at radius 1 is 0.862 bits per heavy atom. The van der Waals surface area contributed by atoms with Crippen LogP contribution in [-0.4, -0.2) is 31.2 Å². The molecule has 0 spiro atoms. The number of aryl methyl sites for hydroxylation is 1. The number of hydrogen-bond donors (Lipinski definition) is 1. The summed E-state index contributed by atoms with van der Waals surface area (Å²) in [6.45, 7) is 3.08. The standard InChI is InChI=1S/C24H24O5/c1-17-2-5-19(6-3-17)20-7-9-22(10-8-20)27-15-21(25)14-26-13-18-4-11-23-24(12-18)29-16-28-23/h2-12,21,25H,13-16H2,1H3/t21-/m0/s1. The third-order valence-corrected chi connectivity index (χ3v) is 4.70. The van der Waals surface area contributed by atoms with Gasteiger partial charge < -0.3 is 24.1 Å². The van der Waals surface area contributed by atoms with Gasteiger partial charge in [0.25, 0.3) is 0 Å². The van der Waals surface area contributed by atoms with Crippen LogP contribution >= 0.6 is 0 Å². The Bertz CT molecular complexity index is 934. The zero-order chi connectivity index (χ0) is 20.1. The molecule has 0 amide bonds.